The van der Waals surface area contributed by atoms with Crippen LogP contribution < -0.4 is 4.80 Å². The van der Waals surface area contributed by atoms with Crippen LogP contribution in [0.25, 0.3) is 0 Å². The maximum Gasteiger partial charge on any atom is 0.274 e. The van der Waals surface area contributed by atoms with E-state index in [-0.39, 0.29) is 26.3 Å². The summed E-state index contributed by atoms with van der Waals surface area (Å²) >= 11 is 1.46. The molecule has 0 bridgehead atoms. The number of hydrogen-bond acceptors (Lipinski definition) is 5. The van der Waals surface area contributed by atoms with E-state index in [1.807, 2.05) is 30.8 Å². The Morgan fingerprint density at radius 3 is 2.50 bits per heavy atom. The molecule has 7 heteroatoms. The average Bonchev–Trinajstić information content (AvgIpc) is 2.96. The number of para-hydroxylation sites is 1. The Kier molecular flexibility index (Phi) is 14.8. The zero-order valence-electron chi connectivity index (χ0n) is 15.1. The van der Waals surface area contributed by atoms with Gasteiger partial charge in [-0.05, 0) is 6.92 Å². The van der Waals surface area contributed by atoms with Crippen molar-refractivity contribution in [2.45, 2.75) is 41.2 Å². The molecular weight excluding hydrogens is 350 g/mol. The highest BCUT2D eigenvalue weighted by atomic mass is 32.1. The monoisotopic (exact) mass is 379 g/mol. The number of aromatic nitrogens is 1. The van der Waals surface area contributed by atoms with Crippen LogP contribution >= 0.6 is 11.3 Å². The largest absolute Gasteiger partial charge is 0.396 e. The molecule has 1 N–H and O–H groups in total. The van der Waals surface area contributed by atoms with E-state index >= 15 is 0 Å². The van der Waals surface area contributed by atoms with Gasteiger partial charge in [0.15, 0.2) is 4.80 Å². The average molecular weight is 380 g/mol. The summed E-state index contributed by atoms with van der Waals surface area (Å²) in [6.45, 7) is 6.01. The minimum Gasteiger partial charge on any atom is -0.396 e. The second-order valence-electron chi connectivity index (χ2n) is 4.53. The molecule has 2 rings (SSSR count). The van der Waals surface area contributed by atoms with Crippen molar-refractivity contribution in [1.82, 2.24) is 4.57 Å². The first-order valence-corrected chi connectivity index (χ1v) is 8.77. The van der Waals surface area contributed by atoms with Crippen LogP contribution in [0.15, 0.2) is 34.6 Å². The summed E-state index contributed by atoms with van der Waals surface area (Å²) < 4.78 is 1.90. The maximum atomic E-state index is 10.9. The van der Waals surface area contributed by atoms with Crippen molar-refractivity contribution in [2.24, 2.45) is 12.0 Å². The number of hydrogen-bond donors (Lipinski definition) is 1. The summed E-state index contributed by atoms with van der Waals surface area (Å²) in [5.41, 5.74) is 1.68. The molecular formula is C19H29N3O3S. The summed E-state index contributed by atoms with van der Waals surface area (Å²) in [6, 6.07) is 6.61. The van der Waals surface area contributed by atoms with E-state index in [4.69, 9.17) is 5.11 Å². The van der Waals surface area contributed by atoms with E-state index in [9.17, 15) is 10.1 Å². The van der Waals surface area contributed by atoms with Gasteiger partial charge in [-0.3, -0.25) is 15.1 Å². The Balaban J connectivity index is 0. The summed E-state index contributed by atoms with van der Waals surface area (Å²) in [5, 5.41) is 21.8. The number of aliphatic hydroxyl groups excluding tert-OH is 1. The second-order valence-corrected chi connectivity index (χ2v) is 5.37. The zero-order chi connectivity index (χ0) is 19.2. The Hall–Kier alpha value is -2.43. The summed E-state index contributed by atoms with van der Waals surface area (Å²) in [6.07, 6.45) is 5.17. The Bertz CT molecular complexity index is 758. The van der Waals surface area contributed by atoms with E-state index in [0.717, 1.165) is 10.5 Å². The number of rotatable bonds is 5. The molecule has 0 aliphatic carbocycles. The molecule has 1 heterocycles. The molecule has 0 spiro atoms. The first kappa shape index (κ1) is 25.8. The third kappa shape index (κ3) is 8.10. The molecule has 0 saturated heterocycles. The highest BCUT2D eigenvalue weighted by Crippen LogP contribution is 2.18. The quantitative estimate of drug-likeness (QED) is 0.485. The smallest absolute Gasteiger partial charge is 0.274 e. The lowest BCUT2D eigenvalue weighted by Crippen LogP contribution is -2.14. The number of thiazole rings is 1. The van der Waals surface area contributed by atoms with Crippen molar-refractivity contribution in [3.63, 3.8) is 0 Å². The van der Waals surface area contributed by atoms with E-state index < -0.39 is 4.92 Å². The van der Waals surface area contributed by atoms with Crippen LogP contribution in [-0.4, -0.2) is 21.2 Å². The summed E-state index contributed by atoms with van der Waals surface area (Å²) in [7, 11) is 1.87. The number of benzene rings is 1. The fraction of sp³-hybridized carbons (Fsp3) is 0.421. The molecule has 0 amide bonds. The van der Waals surface area contributed by atoms with Gasteiger partial charge in [0.25, 0.3) is 5.69 Å². The van der Waals surface area contributed by atoms with Gasteiger partial charge < -0.3 is 9.67 Å². The van der Waals surface area contributed by atoms with Crippen LogP contribution in [0.5, 0.6) is 0 Å². The van der Waals surface area contributed by atoms with Crippen LogP contribution in [0.4, 0.5) is 5.69 Å². The van der Waals surface area contributed by atoms with Crippen molar-refractivity contribution < 1.29 is 10.0 Å². The van der Waals surface area contributed by atoms with Crippen molar-refractivity contribution in [1.29, 1.82) is 0 Å². The molecule has 0 saturated carbocycles. The van der Waals surface area contributed by atoms with Crippen molar-refractivity contribution >= 4 is 17.0 Å². The number of terminal acetylenes is 1. The molecule has 0 unspecified atom stereocenters. The molecule has 0 aliphatic heterocycles. The summed E-state index contributed by atoms with van der Waals surface area (Å²) in [4.78, 5) is 15.7. The van der Waals surface area contributed by atoms with E-state index in [2.05, 4.69) is 17.3 Å². The first-order valence-electron chi connectivity index (χ1n) is 7.89. The minimum atomic E-state index is -0.392. The molecule has 144 valence electrons. The van der Waals surface area contributed by atoms with Crippen molar-refractivity contribution in [3.05, 3.63) is 55.8 Å². The summed E-state index contributed by atoms with van der Waals surface area (Å²) in [5.74, 6) is 2.25. The van der Waals surface area contributed by atoms with Gasteiger partial charge >= 0.3 is 0 Å². The number of nitro benzene ring substituents is 1. The molecule has 1 aromatic carbocycles. The molecule has 0 radical (unpaired) electrons. The molecule has 0 aliphatic rings. The van der Waals surface area contributed by atoms with Gasteiger partial charge in [0.05, 0.1) is 17.0 Å². The predicted molar refractivity (Wildman–Crippen MR) is 109 cm³/mol. The highest BCUT2D eigenvalue weighted by Gasteiger charge is 2.11. The lowest BCUT2D eigenvalue weighted by Gasteiger charge is -2.00. The molecule has 0 fully saturated rings. The third-order valence-electron chi connectivity index (χ3n) is 2.96. The third-order valence-corrected chi connectivity index (χ3v) is 3.96. The fourth-order valence-corrected chi connectivity index (χ4v) is 2.79. The first-order chi connectivity index (χ1) is 12.0. The van der Waals surface area contributed by atoms with Gasteiger partial charge in [0, 0.05) is 37.2 Å². The molecule has 6 nitrogen and oxygen atoms in total. The lowest BCUT2D eigenvalue weighted by molar-refractivity contribution is -0.385. The number of nitrogens with zero attached hydrogens (tertiary/aromatic N) is 3. The normalized spacial score (nSPS) is 9.62. The zero-order valence-corrected chi connectivity index (χ0v) is 15.9. The van der Waals surface area contributed by atoms with Gasteiger partial charge in [0.1, 0.15) is 0 Å². The van der Waals surface area contributed by atoms with Crippen LogP contribution in [0.1, 0.15) is 39.5 Å². The van der Waals surface area contributed by atoms with Crippen molar-refractivity contribution in [2.75, 3.05) is 6.61 Å². The fourth-order valence-electron chi connectivity index (χ4n) is 1.86. The number of nitro groups is 1. The molecule has 1 aromatic heterocycles. The molecule has 2 aromatic rings. The van der Waals surface area contributed by atoms with Gasteiger partial charge in [-0.25, -0.2) is 0 Å². The van der Waals surface area contributed by atoms with Crippen LogP contribution in [-0.2, 0) is 20.0 Å². The van der Waals surface area contributed by atoms with Crippen LogP contribution in [0.3, 0.4) is 0 Å². The Morgan fingerprint density at radius 2 is 1.96 bits per heavy atom. The van der Waals surface area contributed by atoms with Gasteiger partial charge in [-0.15, -0.1) is 23.7 Å². The topological polar surface area (TPSA) is 80.7 Å². The predicted octanol–water partition coefficient (Wildman–Crippen LogP) is 3.93. The molecule has 0 atom stereocenters. The van der Waals surface area contributed by atoms with Crippen LogP contribution in [0, 0.1) is 22.5 Å². The molecule has 26 heavy (non-hydrogen) atoms. The van der Waals surface area contributed by atoms with E-state index in [1.165, 1.54) is 17.4 Å². The Morgan fingerprint density at radius 1 is 1.38 bits per heavy atom. The van der Waals surface area contributed by atoms with Crippen molar-refractivity contribution in [3.8, 4) is 12.3 Å². The van der Waals surface area contributed by atoms with E-state index in [0.29, 0.717) is 12.0 Å². The Labute approximate surface area is 160 Å². The maximum absolute atomic E-state index is 10.9. The van der Waals surface area contributed by atoms with E-state index in [1.54, 1.807) is 25.1 Å². The van der Waals surface area contributed by atoms with Crippen LogP contribution in [0.2, 0.25) is 0 Å². The van der Waals surface area contributed by atoms with Gasteiger partial charge in [-0.1, -0.05) is 39.5 Å². The van der Waals surface area contributed by atoms with Gasteiger partial charge in [-0.2, -0.15) is 0 Å². The minimum absolute atomic E-state index is 0. The highest BCUT2D eigenvalue weighted by molar-refractivity contribution is 7.07. The standard InChI is InChI=1S/C13H15N3O3S.C3H4.C2H6.CH4/c1-15-11(6-7-17)9-20-13(15)14-8-10-4-2-3-5-12(10)16(18)19;1-3-2;1-2;/h2-5,9,17H,6-8H2,1H3;1H,2H3;1-2H3;1H4. The second kappa shape index (κ2) is 14.9. The SMILES string of the molecule is C.C#CC.CC.Cn1c(CCO)csc1=NCc1ccccc1[N+](=O)[O-]. The lowest BCUT2D eigenvalue weighted by atomic mass is 10.2. The number of aliphatic hydroxyl groups is 1. The van der Waals surface area contributed by atoms with Gasteiger partial charge in [0.2, 0.25) is 0 Å².